The summed E-state index contributed by atoms with van der Waals surface area (Å²) in [7, 11) is 0. The van der Waals surface area contributed by atoms with Crippen molar-refractivity contribution in [3.63, 3.8) is 0 Å². The third-order valence-electron chi connectivity index (χ3n) is 2.71. The van der Waals surface area contributed by atoms with Crippen molar-refractivity contribution in [2.75, 3.05) is 13.1 Å². The van der Waals surface area contributed by atoms with Crippen LogP contribution in [0.15, 0.2) is 30.3 Å². The van der Waals surface area contributed by atoms with Gasteiger partial charge < -0.3 is 5.41 Å². The summed E-state index contributed by atoms with van der Waals surface area (Å²) < 4.78 is 0. The standard InChI is InChI=1S/C12H16N2/c13-12-6-8-14(9-7-12)10-11-4-2-1-3-5-11/h1-5,13H,6-10H2. The van der Waals surface area contributed by atoms with Crippen LogP contribution >= 0.6 is 0 Å². The van der Waals surface area contributed by atoms with Gasteiger partial charge in [0.2, 0.25) is 0 Å². The smallest absolute Gasteiger partial charge is 0.0234 e. The van der Waals surface area contributed by atoms with Crippen molar-refractivity contribution in [2.24, 2.45) is 0 Å². The zero-order valence-corrected chi connectivity index (χ0v) is 8.37. The summed E-state index contributed by atoms with van der Waals surface area (Å²) in [5, 5.41) is 7.53. The third-order valence-corrected chi connectivity index (χ3v) is 2.71. The summed E-state index contributed by atoms with van der Waals surface area (Å²) in [5.74, 6) is 0. The SMILES string of the molecule is N=C1CCN(Cc2ccccc2)CC1. The van der Waals surface area contributed by atoms with Crippen molar-refractivity contribution in [1.29, 1.82) is 5.41 Å². The lowest BCUT2D eigenvalue weighted by Crippen LogP contribution is -2.32. The highest BCUT2D eigenvalue weighted by atomic mass is 15.1. The molecule has 0 aliphatic carbocycles. The second kappa shape index (κ2) is 4.38. The number of benzene rings is 1. The molecule has 1 aliphatic heterocycles. The van der Waals surface area contributed by atoms with Crippen LogP contribution in [0.1, 0.15) is 18.4 Å². The van der Waals surface area contributed by atoms with E-state index in [0.717, 1.165) is 38.2 Å². The second-order valence-electron chi connectivity index (χ2n) is 3.87. The van der Waals surface area contributed by atoms with Crippen LogP contribution in [0.5, 0.6) is 0 Å². The van der Waals surface area contributed by atoms with Gasteiger partial charge >= 0.3 is 0 Å². The summed E-state index contributed by atoms with van der Waals surface area (Å²) in [6.45, 7) is 3.13. The number of piperidine rings is 1. The molecule has 2 rings (SSSR count). The molecule has 0 radical (unpaired) electrons. The van der Waals surface area contributed by atoms with Gasteiger partial charge in [-0.05, 0) is 18.4 Å². The Balaban J connectivity index is 1.89. The van der Waals surface area contributed by atoms with E-state index in [0.29, 0.717) is 0 Å². The van der Waals surface area contributed by atoms with Crippen LogP contribution < -0.4 is 0 Å². The van der Waals surface area contributed by atoms with E-state index in [4.69, 9.17) is 5.41 Å². The molecule has 0 spiro atoms. The first-order valence-corrected chi connectivity index (χ1v) is 5.17. The predicted octanol–water partition coefficient (Wildman–Crippen LogP) is 2.30. The number of likely N-dealkylation sites (tertiary alicyclic amines) is 1. The van der Waals surface area contributed by atoms with Crippen molar-refractivity contribution in [2.45, 2.75) is 19.4 Å². The lowest BCUT2D eigenvalue weighted by molar-refractivity contribution is 0.266. The van der Waals surface area contributed by atoms with Gasteiger partial charge in [-0.2, -0.15) is 0 Å². The Bertz CT molecular complexity index is 295. The maximum Gasteiger partial charge on any atom is 0.0234 e. The van der Waals surface area contributed by atoms with Gasteiger partial charge in [-0.1, -0.05) is 30.3 Å². The molecule has 1 aromatic carbocycles. The third kappa shape index (κ3) is 2.42. The summed E-state index contributed by atoms with van der Waals surface area (Å²) in [6, 6.07) is 10.6. The summed E-state index contributed by atoms with van der Waals surface area (Å²) in [5.41, 5.74) is 2.29. The van der Waals surface area contributed by atoms with Crippen molar-refractivity contribution in [1.82, 2.24) is 4.90 Å². The molecular formula is C12H16N2. The van der Waals surface area contributed by atoms with Crippen LogP contribution in [-0.4, -0.2) is 23.7 Å². The average Bonchev–Trinajstić information content (AvgIpc) is 2.23. The van der Waals surface area contributed by atoms with Crippen LogP contribution in [-0.2, 0) is 6.54 Å². The number of nitrogens with one attached hydrogen (secondary N) is 1. The molecule has 0 saturated carbocycles. The van der Waals surface area contributed by atoms with Gasteiger partial charge in [0.1, 0.15) is 0 Å². The summed E-state index contributed by atoms with van der Waals surface area (Å²) in [4.78, 5) is 2.42. The largest absolute Gasteiger partial charge is 0.310 e. The van der Waals surface area contributed by atoms with Gasteiger partial charge in [0, 0.05) is 25.3 Å². The van der Waals surface area contributed by atoms with Gasteiger partial charge in [-0.3, -0.25) is 4.90 Å². The van der Waals surface area contributed by atoms with Crippen molar-refractivity contribution < 1.29 is 0 Å². The molecule has 1 fully saturated rings. The Morgan fingerprint density at radius 1 is 1.07 bits per heavy atom. The second-order valence-corrected chi connectivity index (χ2v) is 3.87. The van der Waals surface area contributed by atoms with E-state index in [9.17, 15) is 0 Å². The minimum Gasteiger partial charge on any atom is -0.310 e. The highest BCUT2D eigenvalue weighted by molar-refractivity contribution is 5.82. The van der Waals surface area contributed by atoms with E-state index >= 15 is 0 Å². The quantitative estimate of drug-likeness (QED) is 0.757. The Morgan fingerprint density at radius 2 is 1.71 bits per heavy atom. The van der Waals surface area contributed by atoms with Gasteiger partial charge in [0.15, 0.2) is 0 Å². The summed E-state index contributed by atoms with van der Waals surface area (Å²) in [6.07, 6.45) is 1.90. The molecule has 1 saturated heterocycles. The maximum atomic E-state index is 7.53. The van der Waals surface area contributed by atoms with Gasteiger partial charge in [0.05, 0.1) is 0 Å². The normalized spacial score (nSPS) is 18.4. The highest BCUT2D eigenvalue weighted by Gasteiger charge is 2.13. The van der Waals surface area contributed by atoms with Crippen molar-refractivity contribution >= 4 is 5.71 Å². The molecule has 74 valence electrons. The molecule has 1 N–H and O–H groups in total. The molecule has 0 atom stereocenters. The molecule has 0 aromatic heterocycles. The molecule has 1 heterocycles. The monoisotopic (exact) mass is 188 g/mol. The van der Waals surface area contributed by atoms with E-state index in [1.165, 1.54) is 5.56 Å². The van der Waals surface area contributed by atoms with Crippen LogP contribution in [0.25, 0.3) is 0 Å². The fourth-order valence-corrected chi connectivity index (χ4v) is 1.82. The van der Waals surface area contributed by atoms with Crippen LogP contribution in [0.4, 0.5) is 0 Å². The minimum absolute atomic E-state index is 0.911. The van der Waals surface area contributed by atoms with Gasteiger partial charge in [-0.15, -0.1) is 0 Å². The molecular weight excluding hydrogens is 172 g/mol. The molecule has 0 unspecified atom stereocenters. The number of hydrogen-bond acceptors (Lipinski definition) is 2. The first-order chi connectivity index (χ1) is 6.84. The Morgan fingerprint density at radius 3 is 2.36 bits per heavy atom. The predicted molar refractivity (Wildman–Crippen MR) is 58.7 cm³/mol. The fourth-order valence-electron chi connectivity index (χ4n) is 1.82. The molecule has 0 bridgehead atoms. The fraction of sp³-hybridized carbons (Fsp3) is 0.417. The van der Waals surface area contributed by atoms with Crippen LogP contribution in [0, 0.1) is 5.41 Å². The van der Waals surface area contributed by atoms with Crippen LogP contribution in [0.2, 0.25) is 0 Å². The molecule has 0 amide bonds. The molecule has 1 aromatic rings. The van der Waals surface area contributed by atoms with E-state index in [1.807, 2.05) is 0 Å². The van der Waals surface area contributed by atoms with Crippen LogP contribution in [0.3, 0.4) is 0 Å². The Kier molecular flexibility index (Phi) is 2.94. The number of rotatable bonds is 2. The minimum atomic E-state index is 0.911. The lowest BCUT2D eigenvalue weighted by atomic mass is 10.1. The first kappa shape index (κ1) is 9.41. The molecule has 2 heteroatoms. The van der Waals surface area contributed by atoms with Crippen molar-refractivity contribution in [3.8, 4) is 0 Å². The number of hydrogen-bond donors (Lipinski definition) is 1. The number of nitrogens with zero attached hydrogens (tertiary/aromatic N) is 1. The van der Waals surface area contributed by atoms with E-state index < -0.39 is 0 Å². The van der Waals surface area contributed by atoms with Gasteiger partial charge in [-0.25, -0.2) is 0 Å². The highest BCUT2D eigenvalue weighted by Crippen LogP contribution is 2.10. The lowest BCUT2D eigenvalue weighted by Gasteiger charge is -2.26. The Labute approximate surface area is 85.1 Å². The molecule has 14 heavy (non-hydrogen) atoms. The zero-order chi connectivity index (χ0) is 9.80. The van der Waals surface area contributed by atoms with Gasteiger partial charge in [0.25, 0.3) is 0 Å². The molecule has 1 aliphatic rings. The molecule has 2 nitrogen and oxygen atoms in total. The van der Waals surface area contributed by atoms with E-state index in [1.54, 1.807) is 0 Å². The van der Waals surface area contributed by atoms with E-state index in [-0.39, 0.29) is 0 Å². The van der Waals surface area contributed by atoms with Crippen molar-refractivity contribution in [3.05, 3.63) is 35.9 Å². The zero-order valence-electron chi connectivity index (χ0n) is 8.37. The maximum absolute atomic E-state index is 7.53. The Hall–Kier alpha value is -1.15. The first-order valence-electron chi connectivity index (χ1n) is 5.17. The topological polar surface area (TPSA) is 27.1 Å². The average molecular weight is 188 g/mol. The van der Waals surface area contributed by atoms with E-state index in [2.05, 4.69) is 35.2 Å². The summed E-state index contributed by atoms with van der Waals surface area (Å²) >= 11 is 0.